The first-order valence-electron chi connectivity index (χ1n) is 6.67. The number of carbonyl (C=O) groups is 2. The predicted octanol–water partition coefficient (Wildman–Crippen LogP) is -0.456. The molecule has 21 heavy (non-hydrogen) atoms. The van der Waals surface area contributed by atoms with Gasteiger partial charge in [-0.05, 0) is 18.8 Å². The molecule has 8 nitrogen and oxygen atoms in total. The molecule has 0 bridgehead atoms. The van der Waals surface area contributed by atoms with E-state index >= 15 is 0 Å². The van der Waals surface area contributed by atoms with Gasteiger partial charge in [0.2, 0.25) is 5.91 Å². The van der Waals surface area contributed by atoms with Crippen molar-refractivity contribution in [2.75, 3.05) is 6.54 Å². The number of H-pyrrole nitrogens is 1. The van der Waals surface area contributed by atoms with Gasteiger partial charge in [-0.25, -0.2) is 4.68 Å². The summed E-state index contributed by atoms with van der Waals surface area (Å²) in [6, 6.07) is 2.20. The van der Waals surface area contributed by atoms with Crippen LogP contribution in [0.4, 0.5) is 0 Å². The molecule has 1 atom stereocenters. The van der Waals surface area contributed by atoms with Crippen molar-refractivity contribution in [3.63, 3.8) is 0 Å². The largest absolute Gasteiger partial charge is 0.481 e. The molecule has 116 valence electrons. The minimum atomic E-state index is -0.835. The highest BCUT2D eigenvalue weighted by Crippen LogP contribution is 2.08. The Kier molecular flexibility index (Phi) is 6.38. The second-order valence-electron chi connectivity index (χ2n) is 4.91. The number of carboxylic acids is 1. The van der Waals surface area contributed by atoms with Gasteiger partial charge in [-0.15, -0.1) is 0 Å². The van der Waals surface area contributed by atoms with E-state index in [1.807, 2.05) is 6.92 Å². The molecule has 0 aliphatic rings. The average Bonchev–Trinajstić information content (AvgIpc) is 2.40. The quantitative estimate of drug-likeness (QED) is 0.599. The lowest BCUT2D eigenvalue weighted by atomic mass is 10.0. The van der Waals surface area contributed by atoms with E-state index in [0.29, 0.717) is 19.4 Å². The minimum absolute atomic E-state index is 0.107. The lowest BCUT2D eigenvalue weighted by Gasteiger charge is -2.11. The molecule has 3 N–H and O–H groups in total. The Hall–Kier alpha value is -2.38. The number of nitrogens with one attached hydrogen (secondary N) is 2. The van der Waals surface area contributed by atoms with E-state index in [-0.39, 0.29) is 24.8 Å². The van der Waals surface area contributed by atoms with Gasteiger partial charge in [-0.1, -0.05) is 6.92 Å². The van der Waals surface area contributed by atoms with Crippen molar-refractivity contribution < 1.29 is 14.7 Å². The zero-order valence-corrected chi connectivity index (χ0v) is 11.8. The van der Waals surface area contributed by atoms with E-state index < -0.39 is 17.1 Å². The zero-order valence-electron chi connectivity index (χ0n) is 11.8. The van der Waals surface area contributed by atoms with Crippen molar-refractivity contribution in [3.8, 4) is 0 Å². The van der Waals surface area contributed by atoms with Crippen molar-refractivity contribution in [2.24, 2.45) is 5.92 Å². The number of aromatic nitrogens is 2. The maximum Gasteiger partial charge on any atom is 0.303 e. The van der Waals surface area contributed by atoms with E-state index in [0.717, 1.165) is 16.8 Å². The molecular weight excluding hydrogens is 278 g/mol. The van der Waals surface area contributed by atoms with Crippen LogP contribution in [0.1, 0.15) is 26.2 Å². The van der Waals surface area contributed by atoms with E-state index in [2.05, 4.69) is 10.4 Å². The maximum absolute atomic E-state index is 11.6. The molecule has 0 saturated heterocycles. The molecule has 1 unspecified atom stereocenters. The van der Waals surface area contributed by atoms with E-state index in [9.17, 15) is 19.2 Å². The van der Waals surface area contributed by atoms with Crippen LogP contribution in [-0.2, 0) is 16.1 Å². The topological polar surface area (TPSA) is 121 Å². The number of aromatic amines is 1. The molecule has 0 fully saturated rings. The normalized spacial score (nSPS) is 11.9. The zero-order chi connectivity index (χ0) is 15.8. The predicted molar refractivity (Wildman–Crippen MR) is 75.0 cm³/mol. The first-order chi connectivity index (χ1) is 9.88. The molecule has 0 spiro atoms. The second-order valence-corrected chi connectivity index (χ2v) is 4.91. The highest BCUT2D eigenvalue weighted by atomic mass is 16.4. The number of hydrogen-bond acceptors (Lipinski definition) is 4. The summed E-state index contributed by atoms with van der Waals surface area (Å²) in [5, 5.41) is 13.4. The number of amides is 1. The SMILES string of the molecule is CC(CCNC(=O)Cn1[nH]c(=O)ccc1=O)CCC(=O)O. The molecule has 0 saturated carbocycles. The van der Waals surface area contributed by atoms with Gasteiger partial charge in [-0.2, -0.15) is 0 Å². The molecule has 1 rings (SSSR count). The number of rotatable bonds is 8. The fourth-order valence-electron chi connectivity index (χ4n) is 1.75. The van der Waals surface area contributed by atoms with Crippen LogP contribution >= 0.6 is 0 Å². The Labute approximate surface area is 120 Å². The Bertz CT molecular complexity index is 604. The van der Waals surface area contributed by atoms with Crippen molar-refractivity contribution >= 4 is 11.9 Å². The van der Waals surface area contributed by atoms with Gasteiger partial charge < -0.3 is 10.4 Å². The Morgan fingerprint density at radius 3 is 2.71 bits per heavy atom. The fourth-order valence-corrected chi connectivity index (χ4v) is 1.75. The summed E-state index contributed by atoms with van der Waals surface area (Å²) in [6.07, 6.45) is 1.31. The average molecular weight is 297 g/mol. The smallest absolute Gasteiger partial charge is 0.303 e. The molecule has 1 aromatic rings. The van der Waals surface area contributed by atoms with Crippen molar-refractivity contribution in [1.82, 2.24) is 15.1 Å². The highest BCUT2D eigenvalue weighted by molar-refractivity contribution is 5.75. The van der Waals surface area contributed by atoms with Crippen molar-refractivity contribution in [1.29, 1.82) is 0 Å². The van der Waals surface area contributed by atoms with E-state index in [4.69, 9.17) is 5.11 Å². The lowest BCUT2D eigenvalue weighted by molar-refractivity contribution is -0.137. The minimum Gasteiger partial charge on any atom is -0.481 e. The monoisotopic (exact) mass is 297 g/mol. The summed E-state index contributed by atoms with van der Waals surface area (Å²) in [5.41, 5.74) is -0.913. The van der Waals surface area contributed by atoms with Crippen LogP contribution in [-0.4, -0.2) is 33.3 Å². The second kappa shape index (κ2) is 8.03. The van der Waals surface area contributed by atoms with Gasteiger partial charge in [0.15, 0.2) is 0 Å². The van der Waals surface area contributed by atoms with Gasteiger partial charge in [0.1, 0.15) is 6.54 Å². The van der Waals surface area contributed by atoms with Crippen molar-refractivity contribution in [3.05, 3.63) is 32.8 Å². The maximum atomic E-state index is 11.6. The third-order valence-corrected chi connectivity index (χ3v) is 3.00. The Morgan fingerprint density at radius 2 is 2.05 bits per heavy atom. The molecule has 1 aromatic heterocycles. The van der Waals surface area contributed by atoms with Gasteiger partial charge in [0, 0.05) is 25.1 Å². The molecule has 8 heteroatoms. The number of hydrogen-bond donors (Lipinski definition) is 3. The van der Waals surface area contributed by atoms with Gasteiger partial charge in [0.25, 0.3) is 11.1 Å². The molecule has 0 radical (unpaired) electrons. The van der Waals surface area contributed by atoms with Crippen LogP contribution in [0.15, 0.2) is 21.7 Å². The summed E-state index contributed by atoms with van der Waals surface area (Å²) in [4.78, 5) is 44.5. The standard InChI is InChI=1S/C13H19N3O5/c1-9(2-5-13(20)21)6-7-14-11(18)8-16-12(19)4-3-10(17)15-16/h3-4,9H,2,5-8H2,1H3,(H,14,18)(H,15,17)(H,20,21). The van der Waals surface area contributed by atoms with Gasteiger partial charge >= 0.3 is 5.97 Å². The lowest BCUT2D eigenvalue weighted by Crippen LogP contribution is -2.36. The first-order valence-corrected chi connectivity index (χ1v) is 6.67. The number of nitrogens with zero attached hydrogens (tertiary/aromatic N) is 1. The number of aliphatic carboxylic acids is 1. The highest BCUT2D eigenvalue weighted by Gasteiger charge is 2.08. The molecule has 1 amide bonds. The summed E-state index contributed by atoms with van der Waals surface area (Å²) < 4.78 is 0.936. The van der Waals surface area contributed by atoms with E-state index in [1.54, 1.807) is 0 Å². The van der Waals surface area contributed by atoms with Gasteiger partial charge in [-0.3, -0.25) is 24.3 Å². The van der Waals surface area contributed by atoms with Crippen LogP contribution in [0.3, 0.4) is 0 Å². The Balaban J connectivity index is 2.34. The van der Waals surface area contributed by atoms with Crippen LogP contribution in [0.25, 0.3) is 0 Å². The summed E-state index contributed by atoms with van der Waals surface area (Å²) >= 11 is 0. The third kappa shape index (κ3) is 6.55. The molecule has 0 aliphatic heterocycles. The van der Waals surface area contributed by atoms with Crippen LogP contribution < -0.4 is 16.4 Å². The van der Waals surface area contributed by atoms with Crippen molar-refractivity contribution in [2.45, 2.75) is 32.7 Å². The summed E-state index contributed by atoms with van der Waals surface area (Å²) in [6.45, 7) is 2.05. The third-order valence-electron chi connectivity index (χ3n) is 3.00. The molecule has 0 aromatic carbocycles. The van der Waals surface area contributed by atoms with Gasteiger partial charge in [0.05, 0.1) is 0 Å². The van der Waals surface area contributed by atoms with Crippen LogP contribution in [0, 0.1) is 5.92 Å². The molecule has 1 heterocycles. The van der Waals surface area contributed by atoms with E-state index in [1.165, 1.54) is 0 Å². The van der Waals surface area contributed by atoms with Crippen LogP contribution in [0.5, 0.6) is 0 Å². The Morgan fingerprint density at radius 1 is 1.33 bits per heavy atom. The fraction of sp³-hybridized carbons (Fsp3) is 0.538. The number of carbonyl (C=O) groups excluding carboxylic acids is 1. The first kappa shape index (κ1) is 16.7. The van der Waals surface area contributed by atoms with Crippen LogP contribution in [0.2, 0.25) is 0 Å². The molecular formula is C13H19N3O5. The molecule has 0 aliphatic carbocycles. The summed E-state index contributed by atoms with van der Waals surface area (Å²) in [5.74, 6) is -1.04. The summed E-state index contributed by atoms with van der Waals surface area (Å²) in [7, 11) is 0. The number of carboxylic acid groups (broad SMARTS) is 1.